The Morgan fingerprint density at radius 3 is 2.35 bits per heavy atom. The number of rotatable bonds is 16. The van der Waals surface area contributed by atoms with E-state index in [0.717, 1.165) is 16.3 Å². The minimum absolute atomic E-state index is 0.0185. The number of carboxylic acid groups (broad SMARTS) is 1. The molecule has 0 saturated carbocycles. The number of hydrogen-bond donors (Lipinski definition) is 5. The second-order valence-corrected chi connectivity index (χ2v) is 14.3. The summed E-state index contributed by atoms with van der Waals surface area (Å²) in [5.41, 5.74) is 2.87. The zero-order chi connectivity index (χ0) is 34.8. The number of aliphatic hydroxyl groups excluding tert-OH is 1. The number of sulfonamides is 1. The van der Waals surface area contributed by atoms with Gasteiger partial charge in [0.1, 0.15) is 5.01 Å². The molecule has 0 aliphatic carbocycles. The van der Waals surface area contributed by atoms with Gasteiger partial charge in [0.2, 0.25) is 10.0 Å². The molecule has 14 heteroatoms. The second kappa shape index (κ2) is 16.5. The lowest BCUT2D eigenvalue weighted by Crippen LogP contribution is -2.48. The van der Waals surface area contributed by atoms with Crippen molar-refractivity contribution in [1.29, 1.82) is 0 Å². The van der Waals surface area contributed by atoms with Crippen LogP contribution in [0, 0.1) is 6.92 Å². The van der Waals surface area contributed by atoms with Crippen molar-refractivity contribution in [2.45, 2.75) is 45.5 Å². The van der Waals surface area contributed by atoms with Crippen molar-refractivity contribution >= 4 is 44.8 Å². The molecule has 0 radical (unpaired) electrons. The summed E-state index contributed by atoms with van der Waals surface area (Å²) in [6, 6.07) is 19.2. The zero-order valence-electron chi connectivity index (χ0n) is 26.8. The van der Waals surface area contributed by atoms with Gasteiger partial charge in [-0.3, -0.25) is 14.3 Å². The first-order valence-corrected chi connectivity index (χ1v) is 17.7. The van der Waals surface area contributed by atoms with Crippen molar-refractivity contribution < 1.29 is 33.0 Å². The number of carbonyl (C=O) groups is 3. The third-order valence-electron chi connectivity index (χ3n) is 7.41. The van der Waals surface area contributed by atoms with Crippen LogP contribution in [0.2, 0.25) is 0 Å². The standard InChI is InChI=1S/C34H39N5O7S2/c1-4-48(45,46)38-28-14-24(13-27(17-28)34(43)44)18-35-19-30(40)29(15-23-9-6-5-7-10-23)37-32(41)25-11-8-12-26(16-25)33(42)39(3)20-31-36-22(2)21-47-31/h5-14,16-17,21,29-30,35,38,40H,4,15,18-20H2,1-3H3,(H,37,41)(H,43,44). The van der Waals surface area contributed by atoms with Crippen molar-refractivity contribution in [1.82, 2.24) is 20.5 Å². The monoisotopic (exact) mass is 693 g/mol. The van der Waals surface area contributed by atoms with E-state index in [1.54, 1.807) is 25.2 Å². The summed E-state index contributed by atoms with van der Waals surface area (Å²) in [6.45, 7) is 3.83. The first kappa shape index (κ1) is 36.2. The minimum Gasteiger partial charge on any atom is -0.478 e. The molecule has 4 aromatic rings. The largest absolute Gasteiger partial charge is 0.478 e. The van der Waals surface area contributed by atoms with Gasteiger partial charge in [0.15, 0.2) is 0 Å². The SMILES string of the molecule is CCS(=O)(=O)Nc1cc(CNCC(O)C(Cc2ccccc2)NC(=O)c2cccc(C(=O)N(C)Cc3nc(C)cs3)c2)cc(C(=O)O)c1. The molecule has 0 bridgehead atoms. The van der Waals surface area contributed by atoms with E-state index in [0.29, 0.717) is 24.1 Å². The average molecular weight is 694 g/mol. The Labute approximate surface area is 283 Å². The highest BCUT2D eigenvalue weighted by atomic mass is 32.2. The van der Waals surface area contributed by atoms with Crippen LogP contribution in [-0.4, -0.2) is 77.8 Å². The van der Waals surface area contributed by atoms with Gasteiger partial charge < -0.3 is 25.7 Å². The van der Waals surface area contributed by atoms with Gasteiger partial charge >= 0.3 is 5.97 Å². The molecule has 0 aliphatic rings. The van der Waals surface area contributed by atoms with Crippen LogP contribution < -0.4 is 15.4 Å². The molecule has 4 rings (SSSR count). The van der Waals surface area contributed by atoms with Gasteiger partial charge in [-0.25, -0.2) is 18.2 Å². The van der Waals surface area contributed by atoms with Crippen LogP contribution in [0.5, 0.6) is 0 Å². The summed E-state index contributed by atoms with van der Waals surface area (Å²) >= 11 is 1.47. The van der Waals surface area contributed by atoms with E-state index >= 15 is 0 Å². The molecule has 48 heavy (non-hydrogen) atoms. The summed E-state index contributed by atoms with van der Waals surface area (Å²) in [5.74, 6) is -2.12. The molecule has 2 unspecified atom stereocenters. The lowest BCUT2D eigenvalue weighted by Gasteiger charge is -2.25. The summed E-state index contributed by atoms with van der Waals surface area (Å²) in [6.07, 6.45) is -0.769. The van der Waals surface area contributed by atoms with Gasteiger partial charge in [0.25, 0.3) is 11.8 Å². The van der Waals surface area contributed by atoms with Crippen LogP contribution in [0.1, 0.15) is 59.8 Å². The molecule has 12 nitrogen and oxygen atoms in total. The topological polar surface area (TPSA) is 178 Å². The Kier molecular flexibility index (Phi) is 12.4. The van der Waals surface area contributed by atoms with Crippen LogP contribution in [-0.2, 0) is 29.5 Å². The van der Waals surface area contributed by atoms with Gasteiger partial charge in [-0.15, -0.1) is 11.3 Å². The molecular formula is C34H39N5O7S2. The second-order valence-electron chi connectivity index (χ2n) is 11.3. The Bertz CT molecular complexity index is 1850. The number of amides is 2. The summed E-state index contributed by atoms with van der Waals surface area (Å²) in [5, 5.41) is 29.5. The number of aryl methyl sites for hydroxylation is 1. The van der Waals surface area contributed by atoms with E-state index in [9.17, 15) is 33.0 Å². The maximum Gasteiger partial charge on any atom is 0.335 e. The van der Waals surface area contributed by atoms with Crippen molar-refractivity contribution in [3.05, 3.63) is 117 Å². The fourth-order valence-corrected chi connectivity index (χ4v) is 6.35. The maximum atomic E-state index is 13.5. The third kappa shape index (κ3) is 10.4. The number of nitrogens with zero attached hydrogens (tertiary/aromatic N) is 2. The van der Waals surface area contributed by atoms with E-state index in [2.05, 4.69) is 20.3 Å². The van der Waals surface area contributed by atoms with Crippen molar-refractivity contribution in [2.75, 3.05) is 24.1 Å². The quantitative estimate of drug-likeness (QED) is 0.117. The lowest BCUT2D eigenvalue weighted by atomic mass is 10.00. The van der Waals surface area contributed by atoms with Crippen LogP contribution in [0.25, 0.3) is 0 Å². The smallest absolute Gasteiger partial charge is 0.335 e. The number of nitrogens with one attached hydrogen (secondary N) is 3. The Balaban J connectivity index is 1.45. The number of carboxylic acids is 1. The Hall–Kier alpha value is -4.63. The van der Waals surface area contributed by atoms with Gasteiger partial charge in [0, 0.05) is 48.0 Å². The van der Waals surface area contributed by atoms with Crippen molar-refractivity contribution in [2.24, 2.45) is 0 Å². The Morgan fingerprint density at radius 1 is 0.958 bits per heavy atom. The number of anilines is 1. The van der Waals surface area contributed by atoms with Crippen LogP contribution in [0.4, 0.5) is 5.69 Å². The lowest BCUT2D eigenvalue weighted by molar-refractivity contribution is 0.0695. The molecule has 1 heterocycles. The molecular weight excluding hydrogens is 655 g/mol. The number of aromatic nitrogens is 1. The molecule has 3 aromatic carbocycles. The van der Waals surface area contributed by atoms with E-state index in [1.165, 1.54) is 47.4 Å². The number of benzene rings is 3. The Morgan fingerprint density at radius 2 is 1.69 bits per heavy atom. The minimum atomic E-state index is -3.63. The van der Waals surface area contributed by atoms with Crippen LogP contribution in [0.3, 0.4) is 0 Å². The third-order valence-corrected chi connectivity index (χ3v) is 9.67. The van der Waals surface area contributed by atoms with Gasteiger partial charge in [0.05, 0.1) is 30.0 Å². The first-order chi connectivity index (χ1) is 22.8. The molecule has 0 fully saturated rings. The van der Waals surface area contributed by atoms with Crippen molar-refractivity contribution in [3.63, 3.8) is 0 Å². The van der Waals surface area contributed by atoms with E-state index in [4.69, 9.17) is 0 Å². The summed E-state index contributed by atoms with van der Waals surface area (Å²) in [4.78, 5) is 44.2. The maximum absolute atomic E-state index is 13.5. The molecule has 254 valence electrons. The molecule has 0 spiro atoms. The molecule has 2 atom stereocenters. The van der Waals surface area contributed by atoms with Crippen LogP contribution >= 0.6 is 11.3 Å². The average Bonchev–Trinajstić information content (AvgIpc) is 3.48. The molecule has 5 N–H and O–H groups in total. The first-order valence-electron chi connectivity index (χ1n) is 15.2. The number of hydrogen-bond acceptors (Lipinski definition) is 9. The number of thiazole rings is 1. The fraction of sp³-hybridized carbons (Fsp3) is 0.294. The molecule has 2 amide bonds. The van der Waals surface area contributed by atoms with Gasteiger partial charge in [-0.2, -0.15) is 0 Å². The molecule has 0 saturated heterocycles. The molecule has 0 aliphatic heterocycles. The number of aromatic carboxylic acids is 1. The zero-order valence-corrected chi connectivity index (χ0v) is 28.5. The number of aliphatic hydroxyl groups is 1. The summed E-state index contributed by atoms with van der Waals surface area (Å²) < 4.78 is 26.5. The van der Waals surface area contributed by atoms with E-state index < -0.39 is 34.0 Å². The highest BCUT2D eigenvalue weighted by Crippen LogP contribution is 2.18. The van der Waals surface area contributed by atoms with Crippen LogP contribution in [0.15, 0.2) is 78.2 Å². The number of carbonyl (C=O) groups excluding carboxylic acids is 2. The highest BCUT2D eigenvalue weighted by molar-refractivity contribution is 7.92. The molecule has 1 aromatic heterocycles. The van der Waals surface area contributed by atoms with Gasteiger partial charge in [-0.05, 0) is 67.8 Å². The van der Waals surface area contributed by atoms with Crippen molar-refractivity contribution in [3.8, 4) is 0 Å². The normalized spacial score (nSPS) is 12.6. The predicted molar refractivity (Wildman–Crippen MR) is 185 cm³/mol. The highest BCUT2D eigenvalue weighted by Gasteiger charge is 2.24. The van der Waals surface area contributed by atoms with Gasteiger partial charge in [-0.1, -0.05) is 36.4 Å². The fourth-order valence-electron chi connectivity index (χ4n) is 4.90. The van der Waals surface area contributed by atoms with E-state index in [-0.39, 0.29) is 41.6 Å². The predicted octanol–water partition coefficient (Wildman–Crippen LogP) is 3.68. The summed E-state index contributed by atoms with van der Waals surface area (Å²) in [7, 11) is -1.96. The van der Waals surface area contributed by atoms with E-state index in [1.807, 2.05) is 42.6 Å².